The molecule has 3 rings (SSSR count). The van der Waals surface area contributed by atoms with Gasteiger partial charge in [-0.3, -0.25) is 13.9 Å². The maximum Gasteiger partial charge on any atom is 0.264 e. The van der Waals surface area contributed by atoms with E-state index in [1.165, 1.54) is 41.3 Å². The van der Waals surface area contributed by atoms with Gasteiger partial charge >= 0.3 is 0 Å². The maximum atomic E-state index is 13.9. The standard InChI is InChI=1S/C30H36FN3O4S/c1-20(2)32-30(36)24(6)33(18-25-10-12-26(31)13-11-25)29(35)19-34(27-14-9-22(4)23(5)17-27)39(37,38)28-15-7-21(3)8-16-28/h7-17,20,24H,18-19H2,1-6H3,(H,32,36)/t24-/m1/s1. The summed E-state index contributed by atoms with van der Waals surface area (Å²) in [5.74, 6) is -1.37. The molecule has 1 N–H and O–H groups in total. The third-order valence-corrected chi connectivity index (χ3v) is 8.32. The van der Waals surface area contributed by atoms with Gasteiger partial charge in [0.15, 0.2) is 0 Å². The number of amides is 2. The first-order valence-electron chi connectivity index (χ1n) is 12.8. The minimum absolute atomic E-state index is 0.00284. The second kappa shape index (κ2) is 12.4. The van der Waals surface area contributed by atoms with Gasteiger partial charge < -0.3 is 10.2 Å². The highest BCUT2D eigenvalue weighted by molar-refractivity contribution is 7.92. The molecule has 3 aromatic carbocycles. The van der Waals surface area contributed by atoms with Crippen molar-refractivity contribution >= 4 is 27.5 Å². The molecule has 0 saturated heterocycles. The number of nitrogens with one attached hydrogen (secondary N) is 1. The fraction of sp³-hybridized carbons (Fsp3) is 0.333. The SMILES string of the molecule is Cc1ccc(S(=O)(=O)N(CC(=O)N(Cc2ccc(F)cc2)[C@H](C)C(=O)NC(C)C)c2ccc(C)c(C)c2)cc1. The molecule has 0 aliphatic heterocycles. The number of halogens is 1. The Morgan fingerprint density at radius 3 is 2.05 bits per heavy atom. The van der Waals surface area contributed by atoms with E-state index in [1.807, 2.05) is 40.7 Å². The van der Waals surface area contributed by atoms with Crippen LogP contribution in [0.1, 0.15) is 43.0 Å². The summed E-state index contributed by atoms with van der Waals surface area (Å²) < 4.78 is 42.4. The number of hydrogen-bond acceptors (Lipinski definition) is 4. The Bertz CT molecular complexity index is 1420. The predicted octanol–water partition coefficient (Wildman–Crippen LogP) is 4.89. The molecule has 0 saturated carbocycles. The van der Waals surface area contributed by atoms with Crippen molar-refractivity contribution in [3.63, 3.8) is 0 Å². The van der Waals surface area contributed by atoms with Gasteiger partial charge in [-0.15, -0.1) is 0 Å². The zero-order chi connectivity index (χ0) is 28.9. The first-order chi connectivity index (χ1) is 18.3. The highest BCUT2D eigenvalue weighted by atomic mass is 32.2. The zero-order valence-corrected chi connectivity index (χ0v) is 24.0. The van der Waals surface area contributed by atoms with Crippen LogP contribution < -0.4 is 9.62 Å². The van der Waals surface area contributed by atoms with Crippen molar-refractivity contribution in [2.45, 2.75) is 65.1 Å². The molecule has 2 amide bonds. The van der Waals surface area contributed by atoms with E-state index < -0.39 is 34.3 Å². The van der Waals surface area contributed by atoms with Crippen LogP contribution in [0.25, 0.3) is 0 Å². The highest BCUT2D eigenvalue weighted by Gasteiger charge is 2.32. The molecule has 9 heteroatoms. The van der Waals surface area contributed by atoms with Crippen LogP contribution in [0, 0.1) is 26.6 Å². The molecule has 7 nitrogen and oxygen atoms in total. The van der Waals surface area contributed by atoms with Gasteiger partial charge in [0.25, 0.3) is 10.0 Å². The molecule has 0 heterocycles. The maximum absolute atomic E-state index is 13.9. The van der Waals surface area contributed by atoms with Gasteiger partial charge in [0.05, 0.1) is 10.6 Å². The van der Waals surface area contributed by atoms with Crippen molar-refractivity contribution in [2.24, 2.45) is 0 Å². The van der Waals surface area contributed by atoms with Crippen LogP contribution in [-0.4, -0.2) is 43.8 Å². The molecule has 3 aromatic rings. The lowest BCUT2D eigenvalue weighted by atomic mass is 10.1. The fourth-order valence-corrected chi connectivity index (χ4v) is 5.43. The average Bonchev–Trinajstić information content (AvgIpc) is 2.88. The third-order valence-electron chi connectivity index (χ3n) is 6.53. The van der Waals surface area contributed by atoms with E-state index in [4.69, 9.17) is 0 Å². The largest absolute Gasteiger partial charge is 0.352 e. The minimum atomic E-state index is -4.14. The highest BCUT2D eigenvalue weighted by Crippen LogP contribution is 2.27. The van der Waals surface area contributed by atoms with Crippen LogP contribution in [0.3, 0.4) is 0 Å². The van der Waals surface area contributed by atoms with E-state index in [0.29, 0.717) is 11.3 Å². The van der Waals surface area contributed by atoms with Crippen molar-refractivity contribution in [1.82, 2.24) is 10.2 Å². The average molecular weight is 554 g/mol. The topological polar surface area (TPSA) is 86.8 Å². The predicted molar refractivity (Wildman–Crippen MR) is 151 cm³/mol. The summed E-state index contributed by atoms with van der Waals surface area (Å²) in [7, 11) is -4.14. The summed E-state index contributed by atoms with van der Waals surface area (Å²) in [4.78, 5) is 28.2. The molecule has 0 bridgehead atoms. The van der Waals surface area contributed by atoms with Crippen LogP contribution >= 0.6 is 0 Å². The third kappa shape index (κ3) is 7.44. The number of nitrogens with zero attached hydrogens (tertiary/aromatic N) is 2. The van der Waals surface area contributed by atoms with Crippen molar-refractivity contribution in [3.05, 3.63) is 94.8 Å². The number of carbonyl (C=O) groups is 2. The second-order valence-electron chi connectivity index (χ2n) is 10.1. The number of anilines is 1. The van der Waals surface area contributed by atoms with Gasteiger partial charge in [-0.05, 0) is 94.6 Å². The van der Waals surface area contributed by atoms with Crippen molar-refractivity contribution in [1.29, 1.82) is 0 Å². The number of rotatable bonds is 10. The minimum Gasteiger partial charge on any atom is -0.352 e. The van der Waals surface area contributed by atoms with E-state index in [9.17, 15) is 22.4 Å². The van der Waals surface area contributed by atoms with E-state index >= 15 is 0 Å². The summed E-state index contributed by atoms with van der Waals surface area (Å²) in [5.41, 5.74) is 3.70. The van der Waals surface area contributed by atoms with E-state index in [-0.39, 0.29) is 23.4 Å². The molecule has 0 unspecified atom stereocenters. The molecule has 0 aliphatic rings. The molecule has 0 radical (unpaired) electrons. The Morgan fingerprint density at radius 1 is 0.872 bits per heavy atom. The molecule has 0 aliphatic carbocycles. The molecule has 0 spiro atoms. The summed E-state index contributed by atoms with van der Waals surface area (Å²) in [6.07, 6.45) is 0. The molecule has 0 fully saturated rings. The van der Waals surface area contributed by atoms with Crippen LogP contribution in [0.2, 0.25) is 0 Å². The Labute approximate surface area is 230 Å². The van der Waals surface area contributed by atoms with Gasteiger partial charge in [0.1, 0.15) is 18.4 Å². The van der Waals surface area contributed by atoms with Crippen LogP contribution in [-0.2, 0) is 26.2 Å². The Morgan fingerprint density at radius 2 is 1.49 bits per heavy atom. The molecular formula is C30H36FN3O4S. The quantitative estimate of drug-likeness (QED) is 0.387. The van der Waals surface area contributed by atoms with Gasteiger partial charge in [0.2, 0.25) is 11.8 Å². The second-order valence-corrected chi connectivity index (χ2v) is 11.9. The monoisotopic (exact) mass is 553 g/mol. The lowest BCUT2D eigenvalue weighted by molar-refractivity contribution is -0.139. The fourth-order valence-electron chi connectivity index (χ4n) is 4.02. The van der Waals surface area contributed by atoms with Gasteiger partial charge in [0, 0.05) is 12.6 Å². The number of benzene rings is 3. The van der Waals surface area contributed by atoms with Gasteiger partial charge in [-0.25, -0.2) is 12.8 Å². The smallest absolute Gasteiger partial charge is 0.264 e. The van der Waals surface area contributed by atoms with E-state index in [2.05, 4.69) is 5.32 Å². The summed E-state index contributed by atoms with van der Waals surface area (Å²) >= 11 is 0. The van der Waals surface area contributed by atoms with Crippen LogP contribution in [0.4, 0.5) is 10.1 Å². The Kier molecular flexibility index (Phi) is 9.50. The lowest BCUT2D eigenvalue weighted by Crippen LogP contribution is -2.52. The van der Waals surface area contributed by atoms with Crippen LogP contribution in [0.5, 0.6) is 0 Å². The Hall–Kier alpha value is -3.72. The first kappa shape index (κ1) is 29.8. The molecule has 39 heavy (non-hydrogen) atoms. The number of carbonyl (C=O) groups excluding carboxylic acids is 2. The van der Waals surface area contributed by atoms with Crippen molar-refractivity contribution < 1.29 is 22.4 Å². The Balaban J connectivity index is 2.05. The number of hydrogen-bond donors (Lipinski definition) is 1. The van der Waals surface area contributed by atoms with E-state index in [1.54, 1.807) is 31.2 Å². The molecular weight excluding hydrogens is 517 g/mol. The lowest BCUT2D eigenvalue weighted by Gasteiger charge is -2.32. The summed E-state index contributed by atoms with van der Waals surface area (Å²) in [5, 5.41) is 2.81. The van der Waals surface area contributed by atoms with Gasteiger partial charge in [-0.1, -0.05) is 35.9 Å². The van der Waals surface area contributed by atoms with E-state index in [0.717, 1.165) is 21.0 Å². The normalized spacial score (nSPS) is 12.2. The number of sulfonamides is 1. The molecule has 1 atom stereocenters. The number of aryl methyl sites for hydroxylation is 3. The zero-order valence-electron chi connectivity index (χ0n) is 23.2. The molecule has 208 valence electrons. The van der Waals surface area contributed by atoms with Gasteiger partial charge in [-0.2, -0.15) is 0 Å². The summed E-state index contributed by atoms with van der Waals surface area (Å²) in [6.45, 7) is 10.3. The van der Waals surface area contributed by atoms with Crippen molar-refractivity contribution in [2.75, 3.05) is 10.8 Å². The van der Waals surface area contributed by atoms with Crippen molar-refractivity contribution in [3.8, 4) is 0 Å². The first-order valence-corrected chi connectivity index (χ1v) is 14.2. The molecule has 0 aromatic heterocycles. The summed E-state index contributed by atoms with van der Waals surface area (Å²) in [6, 6.07) is 16.2. The van der Waals surface area contributed by atoms with Crippen LogP contribution in [0.15, 0.2) is 71.6 Å².